The number of ether oxygens (including phenoxy) is 1. The molecule has 48 heavy (non-hydrogen) atoms. The zero-order valence-electron chi connectivity index (χ0n) is 30.2. The monoisotopic (exact) mass is 677 g/mol. The van der Waals surface area contributed by atoms with Crippen LogP contribution in [0.5, 0.6) is 0 Å². The van der Waals surface area contributed by atoms with Gasteiger partial charge in [-0.05, 0) is 50.7 Å². The summed E-state index contributed by atoms with van der Waals surface area (Å²) in [5, 5.41) is 22.4. The minimum absolute atomic E-state index is 0.164. The number of carbonyl (C=O) groups is 4. The Kier molecular flexibility index (Phi) is 31.9. The highest BCUT2D eigenvalue weighted by molar-refractivity contribution is 5.87. The van der Waals surface area contributed by atoms with Crippen LogP contribution in [-0.4, -0.2) is 59.3 Å². The molecule has 0 aromatic rings. The average molecular weight is 677 g/mol. The van der Waals surface area contributed by atoms with E-state index in [0.717, 1.165) is 44.9 Å². The molecular formula is C39H68N2O7. The van der Waals surface area contributed by atoms with Crippen LogP contribution in [-0.2, 0) is 23.9 Å². The molecule has 4 N–H and O–H groups in total. The SMILES string of the molecule is CC/C=C\C/C=C\C(/C=C\CCCCCC(=O)NCC(=O)NC(CO)C(=O)O)OC(=O)CCCCCCCCCCCCCCCCC. The van der Waals surface area contributed by atoms with Crippen LogP contribution in [0, 0.1) is 0 Å². The summed E-state index contributed by atoms with van der Waals surface area (Å²) in [6, 6.07) is -1.39. The molecule has 0 saturated heterocycles. The highest BCUT2D eigenvalue weighted by atomic mass is 16.5. The van der Waals surface area contributed by atoms with E-state index >= 15 is 0 Å². The molecule has 0 spiro atoms. The predicted octanol–water partition coefficient (Wildman–Crippen LogP) is 8.26. The summed E-state index contributed by atoms with van der Waals surface area (Å²) in [5.74, 6) is -2.47. The van der Waals surface area contributed by atoms with Gasteiger partial charge in [0, 0.05) is 12.8 Å². The van der Waals surface area contributed by atoms with Gasteiger partial charge in [-0.1, -0.05) is 134 Å². The Morgan fingerprint density at radius 1 is 0.646 bits per heavy atom. The quantitative estimate of drug-likeness (QED) is 0.0311. The maximum atomic E-state index is 12.5. The number of aliphatic hydroxyl groups is 1. The third-order valence-corrected chi connectivity index (χ3v) is 8.11. The second-order valence-corrected chi connectivity index (χ2v) is 12.6. The van der Waals surface area contributed by atoms with E-state index < -0.39 is 30.6 Å². The molecule has 0 aliphatic heterocycles. The fraction of sp³-hybridized carbons (Fsp3) is 0.744. The van der Waals surface area contributed by atoms with E-state index in [2.05, 4.69) is 36.6 Å². The molecule has 0 aromatic carbocycles. The predicted molar refractivity (Wildman–Crippen MR) is 195 cm³/mol. The minimum atomic E-state index is -1.39. The molecule has 0 aliphatic carbocycles. The van der Waals surface area contributed by atoms with E-state index in [4.69, 9.17) is 14.9 Å². The Hall–Kier alpha value is -2.94. The van der Waals surface area contributed by atoms with Crippen LogP contribution in [0.2, 0.25) is 0 Å². The highest BCUT2D eigenvalue weighted by Crippen LogP contribution is 2.14. The summed E-state index contributed by atoms with van der Waals surface area (Å²) in [7, 11) is 0. The summed E-state index contributed by atoms with van der Waals surface area (Å²) < 4.78 is 5.76. The number of carboxylic acid groups (broad SMARTS) is 1. The Labute approximate surface area is 291 Å². The molecular weight excluding hydrogens is 608 g/mol. The van der Waals surface area contributed by atoms with Gasteiger partial charge in [0.05, 0.1) is 13.2 Å². The highest BCUT2D eigenvalue weighted by Gasteiger charge is 2.18. The fourth-order valence-electron chi connectivity index (χ4n) is 5.20. The first-order valence-corrected chi connectivity index (χ1v) is 18.9. The van der Waals surface area contributed by atoms with Gasteiger partial charge in [0.25, 0.3) is 0 Å². The number of amides is 2. The molecule has 2 atom stereocenters. The Morgan fingerprint density at radius 3 is 1.75 bits per heavy atom. The van der Waals surface area contributed by atoms with Gasteiger partial charge in [0.1, 0.15) is 12.1 Å². The zero-order chi connectivity index (χ0) is 35.5. The lowest BCUT2D eigenvalue weighted by atomic mass is 10.0. The van der Waals surface area contributed by atoms with Gasteiger partial charge in [-0.3, -0.25) is 14.4 Å². The van der Waals surface area contributed by atoms with E-state index in [1.54, 1.807) is 0 Å². The maximum absolute atomic E-state index is 12.5. The van der Waals surface area contributed by atoms with Crippen LogP contribution in [0.25, 0.3) is 0 Å². The first-order chi connectivity index (χ1) is 23.3. The third-order valence-electron chi connectivity index (χ3n) is 8.11. The van der Waals surface area contributed by atoms with E-state index in [0.29, 0.717) is 12.8 Å². The molecule has 0 saturated carbocycles. The first kappa shape index (κ1) is 45.1. The second-order valence-electron chi connectivity index (χ2n) is 12.6. The molecule has 0 rings (SSSR count). The molecule has 2 amide bonds. The van der Waals surface area contributed by atoms with Gasteiger partial charge in [-0.15, -0.1) is 0 Å². The molecule has 2 unspecified atom stereocenters. The van der Waals surface area contributed by atoms with Gasteiger partial charge in [-0.2, -0.15) is 0 Å². The number of rotatable bonds is 33. The number of carboxylic acids is 1. The number of hydrogen-bond donors (Lipinski definition) is 4. The van der Waals surface area contributed by atoms with Crippen molar-refractivity contribution in [1.82, 2.24) is 10.6 Å². The van der Waals surface area contributed by atoms with Crippen molar-refractivity contribution >= 4 is 23.8 Å². The molecule has 0 heterocycles. The maximum Gasteiger partial charge on any atom is 0.328 e. The van der Waals surface area contributed by atoms with Crippen LogP contribution in [0.15, 0.2) is 36.5 Å². The van der Waals surface area contributed by atoms with E-state index in [-0.39, 0.29) is 24.8 Å². The molecule has 0 radical (unpaired) electrons. The van der Waals surface area contributed by atoms with Crippen LogP contribution >= 0.6 is 0 Å². The van der Waals surface area contributed by atoms with Crippen molar-refractivity contribution in [2.75, 3.05) is 13.2 Å². The van der Waals surface area contributed by atoms with Gasteiger partial charge < -0.3 is 25.6 Å². The number of unbranched alkanes of at least 4 members (excludes halogenated alkanes) is 17. The standard InChI is InChI=1S/C39H68N2O7/c1-3-5-7-9-10-11-12-13-14-15-16-17-18-23-27-31-38(45)48-34(28-24-20-8-6-4-2)29-25-21-19-22-26-30-36(43)40-32-37(44)41-35(33-42)39(46)47/h6,8,24-25,28-29,34-35,42H,3-5,7,9-23,26-27,30-33H2,1-2H3,(H,40,43)(H,41,44)(H,46,47)/b8-6-,28-24-,29-25-. The number of carbonyl (C=O) groups excluding carboxylic acids is 3. The normalized spacial score (nSPS) is 12.9. The Bertz CT molecular complexity index is 916. The number of esters is 1. The summed E-state index contributed by atoms with van der Waals surface area (Å²) in [6.45, 7) is 3.29. The number of hydrogen-bond acceptors (Lipinski definition) is 6. The average Bonchev–Trinajstić information content (AvgIpc) is 3.07. The van der Waals surface area contributed by atoms with Crippen LogP contribution in [0.3, 0.4) is 0 Å². The molecule has 0 bridgehead atoms. The first-order valence-electron chi connectivity index (χ1n) is 18.9. The molecule has 276 valence electrons. The second kappa shape index (κ2) is 33.9. The molecule has 0 aliphatic rings. The lowest BCUT2D eigenvalue weighted by molar-refractivity contribution is -0.145. The van der Waals surface area contributed by atoms with Crippen molar-refractivity contribution in [3.8, 4) is 0 Å². The van der Waals surface area contributed by atoms with E-state index in [1.807, 2.05) is 24.3 Å². The zero-order valence-corrected chi connectivity index (χ0v) is 30.2. The number of aliphatic hydroxyl groups excluding tert-OH is 1. The summed E-state index contributed by atoms with van der Waals surface area (Å²) in [4.78, 5) is 47.1. The van der Waals surface area contributed by atoms with Crippen LogP contribution in [0.1, 0.15) is 162 Å². The lowest BCUT2D eigenvalue weighted by Crippen LogP contribution is -2.47. The Balaban J connectivity index is 4.18. The minimum Gasteiger partial charge on any atom is -0.480 e. The Morgan fingerprint density at radius 2 is 1.19 bits per heavy atom. The molecule has 0 fully saturated rings. The van der Waals surface area contributed by atoms with Crippen molar-refractivity contribution in [3.63, 3.8) is 0 Å². The molecule has 0 aromatic heterocycles. The number of aliphatic carboxylic acids is 1. The van der Waals surface area contributed by atoms with Crippen molar-refractivity contribution in [3.05, 3.63) is 36.5 Å². The van der Waals surface area contributed by atoms with Gasteiger partial charge in [-0.25, -0.2) is 4.79 Å². The van der Waals surface area contributed by atoms with E-state index in [9.17, 15) is 19.2 Å². The summed E-state index contributed by atoms with van der Waals surface area (Å²) >= 11 is 0. The smallest absolute Gasteiger partial charge is 0.328 e. The largest absolute Gasteiger partial charge is 0.480 e. The number of allylic oxidation sites excluding steroid dienone is 4. The topological polar surface area (TPSA) is 142 Å². The van der Waals surface area contributed by atoms with Crippen LogP contribution in [0.4, 0.5) is 0 Å². The van der Waals surface area contributed by atoms with Crippen molar-refractivity contribution in [2.45, 2.75) is 174 Å². The van der Waals surface area contributed by atoms with Crippen molar-refractivity contribution < 1.29 is 34.1 Å². The number of nitrogens with one attached hydrogen (secondary N) is 2. The lowest BCUT2D eigenvalue weighted by Gasteiger charge is -2.12. The van der Waals surface area contributed by atoms with Crippen molar-refractivity contribution in [1.29, 1.82) is 0 Å². The molecule has 9 nitrogen and oxygen atoms in total. The fourth-order valence-corrected chi connectivity index (χ4v) is 5.20. The van der Waals surface area contributed by atoms with Gasteiger partial charge in [0.2, 0.25) is 11.8 Å². The third kappa shape index (κ3) is 30.4. The van der Waals surface area contributed by atoms with Gasteiger partial charge >= 0.3 is 11.9 Å². The van der Waals surface area contributed by atoms with E-state index in [1.165, 1.54) is 83.5 Å². The summed E-state index contributed by atoms with van der Waals surface area (Å²) in [5.41, 5.74) is 0. The summed E-state index contributed by atoms with van der Waals surface area (Å²) in [6.07, 6.45) is 36.6. The van der Waals surface area contributed by atoms with Crippen LogP contribution < -0.4 is 10.6 Å². The molecule has 9 heteroatoms. The van der Waals surface area contributed by atoms with Gasteiger partial charge in [0.15, 0.2) is 0 Å². The van der Waals surface area contributed by atoms with Crippen molar-refractivity contribution in [2.24, 2.45) is 0 Å².